The second-order valence-electron chi connectivity index (χ2n) is 12.7. The monoisotopic (exact) mass is 474 g/mol. The van der Waals surface area contributed by atoms with Gasteiger partial charge in [0.25, 0.3) is 0 Å². The first-order chi connectivity index (χ1) is 16.8. The Balaban J connectivity index is 1.96. The molecule has 0 saturated heterocycles. The predicted octanol–water partition coefficient (Wildman–Crippen LogP) is 10.7. The van der Waals surface area contributed by atoms with Crippen molar-refractivity contribution in [2.24, 2.45) is 0 Å². The molecular formula is C34H34O2. The summed E-state index contributed by atoms with van der Waals surface area (Å²) in [5.41, 5.74) is 12.3. The molecule has 36 heavy (non-hydrogen) atoms. The lowest BCUT2D eigenvalue weighted by molar-refractivity contribution is 0.586. The summed E-state index contributed by atoms with van der Waals surface area (Å²) in [6.45, 7) is 26.2. The minimum Gasteiger partial charge on any atom is -0.455 e. The van der Waals surface area contributed by atoms with Crippen LogP contribution in [-0.4, -0.2) is 0 Å². The largest absolute Gasteiger partial charge is 0.455 e. The topological polar surface area (TPSA) is 26.3 Å². The molecule has 0 unspecified atom stereocenters. The van der Waals surface area contributed by atoms with Gasteiger partial charge in [0, 0.05) is 33.0 Å². The summed E-state index contributed by atoms with van der Waals surface area (Å²) < 4.78 is 13.7. The summed E-state index contributed by atoms with van der Waals surface area (Å²) in [4.78, 5) is 0. The Morgan fingerprint density at radius 2 is 0.944 bits per heavy atom. The maximum atomic E-state index is 6.83. The standard InChI is InChI=1S/C34H34O2/c1-17(2)23-13-19-11-21(33(5,6)7)16-26-27(19)29-30-28-20(14-24(18(3)4)32(30)36-26)12-22(34(8,9)10)15-25(28)35-31(23)29/h11-16H,1,3H2,2,4-10H3. The van der Waals surface area contributed by atoms with Crippen LogP contribution < -0.4 is 0 Å². The number of hydrogen-bond acceptors (Lipinski definition) is 2. The Hall–Kier alpha value is -3.52. The fraction of sp³-hybridized carbons (Fsp3) is 0.294. The first-order valence-corrected chi connectivity index (χ1v) is 12.7. The lowest BCUT2D eigenvalue weighted by atomic mass is 9.80. The van der Waals surface area contributed by atoms with E-state index in [4.69, 9.17) is 8.83 Å². The molecule has 0 aliphatic carbocycles. The van der Waals surface area contributed by atoms with E-state index in [2.05, 4.69) is 105 Å². The van der Waals surface area contributed by atoms with E-state index in [1.807, 2.05) is 0 Å². The molecular weight excluding hydrogens is 440 g/mol. The van der Waals surface area contributed by atoms with Gasteiger partial charge in [-0.15, -0.1) is 0 Å². The van der Waals surface area contributed by atoms with Gasteiger partial charge >= 0.3 is 0 Å². The SMILES string of the molecule is C=C(C)c1cc2cc(C(C)(C)C)cc3oc4c(C(=C)C)cc5cc(C(C)(C)C)cc6oc1c(c23)-c4c56. The predicted molar refractivity (Wildman–Crippen MR) is 156 cm³/mol. The fourth-order valence-electron chi connectivity index (χ4n) is 5.55. The molecule has 0 bridgehead atoms. The van der Waals surface area contributed by atoms with Gasteiger partial charge in [0.2, 0.25) is 0 Å². The Morgan fingerprint density at radius 3 is 1.25 bits per heavy atom. The molecule has 182 valence electrons. The van der Waals surface area contributed by atoms with Crippen LogP contribution in [0.25, 0.3) is 66.2 Å². The van der Waals surface area contributed by atoms with Gasteiger partial charge in [-0.05, 0) is 82.0 Å². The van der Waals surface area contributed by atoms with Crippen LogP contribution in [0.3, 0.4) is 0 Å². The summed E-state index contributed by atoms with van der Waals surface area (Å²) in [6, 6.07) is 13.5. The molecule has 0 fully saturated rings. The Kier molecular flexibility index (Phi) is 4.48. The highest BCUT2D eigenvalue weighted by atomic mass is 16.3. The molecule has 0 atom stereocenters. The molecule has 0 saturated carbocycles. The second kappa shape index (κ2) is 7.03. The molecule has 0 aromatic heterocycles. The smallest absolute Gasteiger partial charge is 0.143 e. The van der Waals surface area contributed by atoms with Gasteiger partial charge in [-0.3, -0.25) is 0 Å². The molecule has 6 rings (SSSR count). The van der Waals surface area contributed by atoms with Crippen molar-refractivity contribution in [1.82, 2.24) is 0 Å². The normalized spacial score (nSPS) is 13.2. The minimum absolute atomic E-state index is 0.0127. The van der Waals surface area contributed by atoms with Gasteiger partial charge < -0.3 is 8.83 Å². The van der Waals surface area contributed by atoms with Gasteiger partial charge in [-0.1, -0.05) is 66.8 Å². The third-order valence-electron chi connectivity index (χ3n) is 7.63. The first-order valence-electron chi connectivity index (χ1n) is 12.7. The summed E-state index contributed by atoms with van der Waals surface area (Å²) >= 11 is 0. The van der Waals surface area contributed by atoms with Crippen LogP contribution in [0.5, 0.6) is 0 Å². The summed E-state index contributed by atoms with van der Waals surface area (Å²) in [6.07, 6.45) is 0. The van der Waals surface area contributed by atoms with Crippen LogP contribution >= 0.6 is 0 Å². The van der Waals surface area contributed by atoms with Gasteiger partial charge in [0.1, 0.15) is 22.3 Å². The molecule has 2 aliphatic heterocycles. The first kappa shape index (κ1) is 22.9. The van der Waals surface area contributed by atoms with E-state index >= 15 is 0 Å². The Bertz CT molecular complexity index is 1700. The van der Waals surface area contributed by atoms with Crippen LogP contribution in [0, 0.1) is 0 Å². The lowest BCUT2D eigenvalue weighted by Crippen LogP contribution is -2.12. The Labute approximate surface area is 212 Å². The van der Waals surface area contributed by atoms with Crippen LogP contribution in [0.4, 0.5) is 0 Å². The van der Waals surface area contributed by atoms with Gasteiger partial charge in [-0.25, -0.2) is 0 Å². The molecule has 0 radical (unpaired) electrons. The summed E-state index contributed by atoms with van der Waals surface area (Å²) in [7, 11) is 0. The molecule has 0 N–H and O–H groups in total. The van der Waals surface area contributed by atoms with E-state index in [0.29, 0.717) is 0 Å². The molecule has 2 nitrogen and oxygen atoms in total. The molecule has 2 heteroatoms. The number of rotatable bonds is 2. The van der Waals surface area contributed by atoms with Crippen molar-refractivity contribution in [3.05, 3.63) is 71.8 Å². The van der Waals surface area contributed by atoms with Crippen LogP contribution in [0.1, 0.15) is 77.6 Å². The van der Waals surface area contributed by atoms with Crippen molar-refractivity contribution in [2.75, 3.05) is 0 Å². The van der Waals surface area contributed by atoms with Crippen molar-refractivity contribution in [2.45, 2.75) is 66.2 Å². The quantitative estimate of drug-likeness (QED) is 0.184. The zero-order valence-electron chi connectivity index (χ0n) is 22.7. The van der Waals surface area contributed by atoms with Crippen LogP contribution in [0.2, 0.25) is 0 Å². The maximum absolute atomic E-state index is 6.83. The number of allylic oxidation sites excluding steroid dienone is 2. The highest BCUT2D eigenvalue weighted by Gasteiger charge is 2.30. The molecule has 0 spiro atoms. The molecule has 4 aromatic rings. The highest BCUT2D eigenvalue weighted by Crippen LogP contribution is 2.52. The van der Waals surface area contributed by atoms with E-state index in [1.165, 1.54) is 11.1 Å². The zero-order chi connectivity index (χ0) is 25.9. The molecule has 2 heterocycles. The van der Waals surface area contributed by atoms with E-state index in [1.54, 1.807) is 0 Å². The van der Waals surface area contributed by atoms with Crippen LogP contribution in [-0.2, 0) is 10.8 Å². The van der Waals surface area contributed by atoms with Gasteiger partial charge in [0.15, 0.2) is 0 Å². The summed E-state index contributed by atoms with van der Waals surface area (Å²) in [5, 5.41) is 4.54. The fourth-order valence-corrected chi connectivity index (χ4v) is 5.55. The van der Waals surface area contributed by atoms with Crippen molar-refractivity contribution in [3.8, 4) is 11.1 Å². The van der Waals surface area contributed by atoms with Crippen molar-refractivity contribution >= 4 is 55.0 Å². The van der Waals surface area contributed by atoms with Crippen LogP contribution in [0.15, 0.2) is 58.4 Å². The second-order valence-corrected chi connectivity index (χ2v) is 12.7. The lowest BCUT2D eigenvalue weighted by Gasteiger charge is -2.27. The van der Waals surface area contributed by atoms with E-state index < -0.39 is 0 Å². The van der Waals surface area contributed by atoms with Crippen molar-refractivity contribution in [1.29, 1.82) is 0 Å². The van der Waals surface area contributed by atoms with Gasteiger partial charge in [-0.2, -0.15) is 0 Å². The number of hydrogen-bond donors (Lipinski definition) is 0. The minimum atomic E-state index is -0.0127. The Morgan fingerprint density at radius 1 is 0.583 bits per heavy atom. The third-order valence-corrected chi connectivity index (χ3v) is 7.63. The highest BCUT2D eigenvalue weighted by molar-refractivity contribution is 6.26. The van der Waals surface area contributed by atoms with Crippen molar-refractivity contribution in [3.63, 3.8) is 0 Å². The molecule has 2 aliphatic rings. The molecule has 4 aromatic carbocycles. The van der Waals surface area contributed by atoms with E-state index in [-0.39, 0.29) is 10.8 Å². The van der Waals surface area contributed by atoms with E-state index in [9.17, 15) is 0 Å². The number of benzene rings is 4. The summed E-state index contributed by atoms with van der Waals surface area (Å²) in [5.74, 6) is 0. The van der Waals surface area contributed by atoms with Crippen molar-refractivity contribution < 1.29 is 8.83 Å². The molecule has 0 amide bonds. The average molecular weight is 475 g/mol. The maximum Gasteiger partial charge on any atom is 0.143 e. The van der Waals surface area contributed by atoms with Gasteiger partial charge in [0.05, 0.1) is 0 Å². The average Bonchev–Trinajstić information content (AvgIpc) is 2.77. The van der Waals surface area contributed by atoms with E-state index in [0.717, 1.165) is 77.3 Å². The zero-order valence-corrected chi connectivity index (χ0v) is 22.7. The third kappa shape index (κ3) is 3.10.